The molecule has 2 heterocycles. The van der Waals surface area contributed by atoms with E-state index >= 15 is 0 Å². The van der Waals surface area contributed by atoms with Crippen molar-refractivity contribution >= 4 is 15.9 Å². The van der Waals surface area contributed by atoms with Gasteiger partial charge in [0.1, 0.15) is 5.82 Å². The molecule has 0 unspecified atom stereocenters. The van der Waals surface area contributed by atoms with Crippen LogP contribution in [-0.2, 0) is 29.5 Å². The number of carbonyl (C=O) groups is 1. The molecule has 3 rings (SSSR count). The molecule has 1 aliphatic rings. The van der Waals surface area contributed by atoms with Crippen molar-refractivity contribution in [2.75, 3.05) is 13.6 Å². The summed E-state index contributed by atoms with van der Waals surface area (Å²) in [5, 5.41) is 10.5. The van der Waals surface area contributed by atoms with Crippen LogP contribution in [0.3, 0.4) is 0 Å². The lowest BCUT2D eigenvalue weighted by atomic mass is 10.2. The Bertz CT molecular complexity index is 875. The summed E-state index contributed by atoms with van der Waals surface area (Å²) >= 11 is 0. The Balaban J connectivity index is 1.86. The van der Waals surface area contributed by atoms with Crippen molar-refractivity contribution in [3.05, 3.63) is 41.5 Å². The fourth-order valence-corrected chi connectivity index (χ4v) is 3.80. The van der Waals surface area contributed by atoms with Crippen LogP contribution in [0.2, 0.25) is 0 Å². The van der Waals surface area contributed by atoms with Crippen molar-refractivity contribution in [1.82, 2.24) is 24.4 Å². The molecule has 0 aliphatic carbocycles. The minimum atomic E-state index is -3.64. The molecule has 1 aromatic carbocycles. The van der Waals surface area contributed by atoms with Crippen LogP contribution in [0.1, 0.15) is 28.9 Å². The van der Waals surface area contributed by atoms with Gasteiger partial charge in [-0.15, -0.1) is 10.2 Å². The lowest BCUT2D eigenvalue weighted by molar-refractivity contribution is 0.0920. The number of hydrogen-bond acceptors (Lipinski definition) is 5. The highest BCUT2D eigenvalue weighted by atomic mass is 32.2. The van der Waals surface area contributed by atoms with Crippen LogP contribution in [0, 0.1) is 0 Å². The van der Waals surface area contributed by atoms with E-state index in [0.29, 0.717) is 18.9 Å². The zero-order valence-corrected chi connectivity index (χ0v) is 14.4. The number of nitrogens with one attached hydrogen (secondary N) is 1. The van der Waals surface area contributed by atoms with Gasteiger partial charge in [0.05, 0.1) is 11.4 Å². The van der Waals surface area contributed by atoms with Gasteiger partial charge < -0.3 is 9.88 Å². The number of sulfonamides is 1. The van der Waals surface area contributed by atoms with Gasteiger partial charge in [-0.2, -0.15) is 4.31 Å². The lowest BCUT2D eigenvalue weighted by Crippen LogP contribution is -2.37. The van der Waals surface area contributed by atoms with E-state index in [2.05, 4.69) is 15.5 Å². The average Bonchev–Trinajstić information content (AvgIpc) is 2.99. The molecule has 0 radical (unpaired) electrons. The second kappa shape index (κ2) is 6.33. The first-order chi connectivity index (χ1) is 11.4. The van der Waals surface area contributed by atoms with Gasteiger partial charge in [0.25, 0.3) is 5.91 Å². The van der Waals surface area contributed by atoms with E-state index in [-0.39, 0.29) is 23.2 Å². The maximum absolute atomic E-state index is 12.7. The number of fused-ring (bicyclic) bond motifs is 1. The summed E-state index contributed by atoms with van der Waals surface area (Å²) in [7, 11) is -2.14. The highest BCUT2D eigenvalue weighted by molar-refractivity contribution is 7.89. The Hall–Kier alpha value is -2.26. The number of carbonyl (C=O) groups excluding carboxylic acids is 1. The van der Waals surface area contributed by atoms with Crippen molar-refractivity contribution in [3.63, 3.8) is 0 Å². The molecule has 0 saturated heterocycles. The summed E-state index contributed by atoms with van der Waals surface area (Å²) < 4.78 is 28.4. The Morgan fingerprint density at radius 1 is 1.33 bits per heavy atom. The maximum atomic E-state index is 12.7. The highest BCUT2D eigenvalue weighted by Crippen LogP contribution is 2.18. The normalized spacial score (nSPS) is 14.5. The fraction of sp³-hybridized carbons (Fsp3) is 0.400. The van der Waals surface area contributed by atoms with Crippen molar-refractivity contribution < 1.29 is 13.2 Å². The predicted octanol–water partition coefficient (Wildman–Crippen LogP) is 0.405. The second-order valence-electron chi connectivity index (χ2n) is 5.61. The first-order valence-corrected chi connectivity index (χ1v) is 9.13. The minimum Gasteiger partial charge on any atom is -0.348 e. The van der Waals surface area contributed by atoms with Gasteiger partial charge in [-0.05, 0) is 24.1 Å². The van der Waals surface area contributed by atoms with E-state index in [0.717, 1.165) is 12.0 Å². The lowest BCUT2D eigenvalue weighted by Gasteiger charge is -2.19. The molecule has 0 atom stereocenters. The second-order valence-corrected chi connectivity index (χ2v) is 7.65. The number of aryl methyl sites for hydroxylation is 1. The zero-order chi connectivity index (χ0) is 17.3. The number of aromatic nitrogens is 3. The van der Waals surface area contributed by atoms with Gasteiger partial charge in [-0.1, -0.05) is 19.1 Å². The smallest absolute Gasteiger partial charge is 0.289 e. The van der Waals surface area contributed by atoms with Crippen LogP contribution in [0.25, 0.3) is 0 Å². The van der Waals surface area contributed by atoms with Crippen molar-refractivity contribution in [3.8, 4) is 0 Å². The Morgan fingerprint density at radius 2 is 2.12 bits per heavy atom. The number of rotatable bonds is 5. The van der Waals surface area contributed by atoms with Crippen LogP contribution in [0.15, 0.2) is 29.2 Å². The first kappa shape index (κ1) is 16.6. The van der Waals surface area contributed by atoms with E-state index < -0.39 is 10.0 Å². The third-order valence-corrected chi connectivity index (χ3v) is 5.83. The summed E-state index contributed by atoms with van der Waals surface area (Å²) in [5.41, 5.74) is 0.959. The quantitative estimate of drug-likeness (QED) is 0.843. The van der Waals surface area contributed by atoms with Gasteiger partial charge in [0, 0.05) is 20.1 Å². The first-order valence-electron chi connectivity index (χ1n) is 7.69. The van der Waals surface area contributed by atoms with Crippen molar-refractivity contribution in [2.24, 2.45) is 0 Å². The molecule has 0 bridgehead atoms. The number of amides is 1. The largest absolute Gasteiger partial charge is 0.348 e. The van der Waals surface area contributed by atoms with Gasteiger partial charge in [-0.3, -0.25) is 4.79 Å². The fourth-order valence-electron chi connectivity index (χ4n) is 2.61. The van der Waals surface area contributed by atoms with Gasteiger partial charge >= 0.3 is 0 Å². The van der Waals surface area contributed by atoms with E-state index in [1.54, 1.807) is 22.8 Å². The van der Waals surface area contributed by atoms with Crippen LogP contribution < -0.4 is 5.32 Å². The molecular formula is C15H19N5O3S. The molecule has 9 heteroatoms. The molecule has 0 saturated carbocycles. The summed E-state index contributed by atoms with van der Waals surface area (Å²) in [6.07, 6.45) is 0.764. The monoisotopic (exact) mass is 349 g/mol. The Labute approximate surface area is 140 Å². The summed E-state index contributed by atoms with van der Waals surface area (Å²) in [6.45, 7) is 3.04. The topological polar surface area (TPSA) is 97.2 Å². The summed E-state index contributed by atoms with van der Waals surface area (Å²) in [4.78, 5) is 12.0. The van der Waals surface area contributed by atoms with E-state index in [9.17, 15) is 13.2 Å². The molecule has 1 N–H and O–H groups in total. The highest BCUT2D eigenvalue weighted by Gasteiger charge is 2.27. The average molecular weight is 349 g/mol. The van der Waals surface area contributed by atoms with E-state index in [1.807, 2.05) is 13.0 Å². The number of nitrogens with zero attached hydrogens (tertiary/aromatic N) is 4. The molecule has 1 aromatic heterocycles. The molecule has 0 spiro atoms. The van der Waals surface area contributed by atoms with Crippen LogP contribution in [0.5, 0.6) is 0 Å². The minimum absolute atomic E-state index is 0.0545. The number of benzene rings is 1. The SMILES string of the molecule is CCc1cccc(S(=O)(=O)N(C)Cc2nnc3n2CCNC3=O)c1. The molecule has 2 aromatic rings. The predicted molar refractivity (Wildman–Crippen MR) is 86.8 cm³/mol. The Kier molecular flexibility index (Phi) is 4.37. The third kappa shape index (κ3) is 2.92. The van der Waals surface area contributed by atoms with Crippen molar-refractivity contribution in [1.29, 1.82) is 0 Å². The molecule has 0 fully saturated rings. The molecule has 1 aliphatic heterocycles. The molecule has 24 heavy (non-hydrogen) atoms. The number of hydrogen-bond donors (Lipinski definition) is 1. The summed E-state index contributed by atoms with van der Waals surface area (Å²) in [5.74, 6) is 0.383. The van der Waals surface area contributed by atoms with Crippen LogP contribution in [-0.4, -0.2) is 47.0 Å². The molecule has 1 amide bonds. The van der Waals surface area contributed by atoms with Gasteiger partial charge in [0.15, 0.2) is 0 Å². The summed E-state index contributed by atoms with van der Waals surface area (Å²) in [6, 6.07) is 6.89. The van der Waals surface area contributed by atoms with Crippen LogP contribution >= 0.6 is 0 Å². The molecule has 128 valence electrons. The van der Waals surface area contributed by atoms with Gasteiger partial charge in [-0.25, -0.2) is 8.42 Å². The standard InChI is InChI=1S/C15H19N5O3S/c1-3-11-5-4-6-12(9-11)24(22,23)19(2)10-13-17-18-14-15(21)16-7-8-20(13)14/h4-6,9H,3,7-8,10H2,1-2H3,(H,16,21). The third-order valence-electron chi connectivity index (χ3n) is 4.03. The van der Waals surface area contributed by atoms with Crippen molar-refractivity contribution in [2.45, 2.75) is 31.3 Å². The molecule has 8 nitrogen and oxygen atoms in total. The maximum Gasteiger partial charge on any atom is 0.289 e. The molecular weight excluding hydrogens is 330 g/mol. The van der Waals surface area contributed by atoms with E-state index in [1.165, 1.54) is 11.4 Å². The zero-order valence-electron chi connectivity index (χ0n) is 13.6. The Morgan fingerprint density at radius 3 is 2.88 bits per heavy atom. The van der Waals surface area contributed by atoms with Gasteiger partial charge in [0.2, 0.25) is 15.8 Å². The van der Waals surface area contributed by atoms with Crippen LogP contribution in [0.4, 0.5) is 0 Å². The van der Waals surface area contributed by atoms with E-state index in [4.69, 9.17) is 0 Å².